The summed E-state index contributed by atoms with van der Waals surface area (Å²) in [5.74, 6) is 0.887. The lowest BCUT2D eigenvalue weighted by Gasteiger charge is -2.18. The van der Waals surface area contributed by atoms with Crippen molar-refractivity contribution in [1.29, 1.82) is 0 Å². The van der Waals surface area contributed by atoms with Crippen LogP contribution in [0.3, 0.4) is 0 Å². The molecule has 0 bridgehead atoms. The second-order valence-corrected chi connectivity index (χ2v) is 4.17. The fourth-order valence-corrected chi connectivity index (χ4v) is 1.99. The lowest BCUT2D eigenvalue weighted by molar-refractivity contribution is 0.00827. The van der Waals surface area contributed by atoms with Crippen LogP contribution in [0.15, 0.2) is 24.3 Å². The van der Waals surface area contributed by atoms with Gasteiger partial charge < -0.3 is 14.8 Å². The summed E-state index contributed by atoms with van der Waals surface area (Å²) in [4.78, 5) is 0. The van der Waals surface area contributed by atoms with E-state index in [9.17, 15) is 0 Å². The standard InChI is InChI=1S/C13H19NO2/c1-10(16-13-7-8-14-9-13)11-3-5-12(15-2)6-4-11/h3-6,10,13-14H,7-9H2,1-2H3/t10-,13+/m0/s1. The molecule has 1 N–H and O–H groups in total. The molecule has 88 valence electrons. The number of methoxy groups -OCH3 is 1. The molecule has 0 amide bonds. The zero-order valence-corrected chi connectivity index (χ0v) is 9.90. The third-order valence-electron chi connectivity index (χ3n) is 3.00. The van der Waals surface area contributed by atoms with Crippen LogP contribution in [0.4, 0.5) is 0 Å². The van der Waals surface area contributed by atoms with E-state index in [1.165, 1.54) is 5.56 Å². The minimum Gasteiger partial charge on any atom is -0.497 e. The van der Waals surface area contributed by atoms with Gasteiger partial charge >= 0.3 is 0 Å². The lowest BCUT2D eigenvalue weighted by Crippen LogP contribution is -2.18. The summed E-state index contributed by atoms with van der Waals surface area (Å²) in [6.07, 6.45) is 1.62. The predicted molar refractivity (Wildman–Crippen MR) is 63.8 cm³/mol. The SMILES string of the molecule is COc1ccc([C@H](C)O[C@@H]2CCNC2)cc1. The average molecular weight is 221 g/mol. The first-order valence-corrected chi connectivity index (χ1v) is 5.79. The van der Waals surface area contributed by atoms with E-state index in [2.05, 4.69) is 24.4 Å². The number of nitrogens with one attached hydrogen (secondary N) is 1. The van der Waals surface area contributed by atoms with Crippen molar-refractivity contribution in [2.24, 2.45) is 0 Å². The summed E-state index contributed by atoms with van der Waals surface area (Å²) >= 11 is 0. The van der Waals surface area contributed by atoms with Gasteiger partial charge in [0.25, 0.3) is 0 Å². The van der Waals surface area contributed by atoms with Gasteiger partial charge in [0, 0.05) is 6.54 Å². The summed E-state index contributed by atoms with van der Waals surface area (Å²) in [6, 6.07) is 8.07. The molecule has 1 heterocycles. The normalized spacial score (nSPS) is 22.0. The maximum atomic E-state index is 5.97. The van der Waals surface area contributed by atoms with Gasteiger partial charge in [-0.1, -0.05) is 12.1 Å². The van der Waals surface area contributed by atoms with Gasteiger partial charge in [-0.15, -0.1) is 0 Å². The first kappa shape index (κ1) is 11.4. The van der Waals surface area contributed by atoms with Gasteiger partial charge in [0.15, 0.2) is 0 Å². The molecular weight excluding hydrogens is 202 g/mol. The van der Waals surface area contributed by atoms with Crippen LogP contribution in [0, 0.1) is 0 Å². The monoisotopic (exact) mass is 221 g/mol. The van der Waals surface area contributed by atoms with Crippen molar-refractivity contribution in [3.63, 3.8) is 0 Å². The molecule has 0 unspecified atom stereocenters. The van der Waals surface area contributed by atoms with Crippen LogP contribution in [0.1, 0.15) is 25.0 Å². The largest absolute Gasteiger partial charge is 0.497 e. The Morgan fingerprint density at radius 3 is 2.62 bits per heavy atom. The molecule has 1 fully saturated rings. The zero-order valence-electron chi connectivity index (χ0n) is 9.90. The van der Waals surface area contributed by atoms with E-state index in [-0.39, 0.29) is 6.10 Å². The molecule has 1 aliphatic heterocycles. The molecule has 3 heteroatoms. The Kier molecular flexibility index (Phi) is 3.80. The average Bonchev–Trinajstić information content (AvgIpc) is 2.82. The van der Waals surface area contributed by atoms with E-state index >= 15 is 0 Å². The van der Waals surface area contributed by atoms with Gasteiger partial charge in [-0.3, -0.25) is 0 Å². The van der Waals surface area contributed by atoms with Gasteiger partial charge in [0.1, 0.15) is 5.75 Å². The Labute approximate surface area is 96.8 Å². The highest BCUT2D eigenvalue weighted by atomic mass is 16.5. The maximum absolute atomic E-state index is 5.97. The lowest BCUT2D eigenvalue weighted by atomic mass is 10.1. The van der Waals surface area contributed by atoms with E-state index in [1.54, 1.807) is 7.11 Å². The van der Waals surface area contributed by atoms with Crippen molar-refractivity contribution in [2.45, 2.75) is 25.6 Å². The fourth-order valence-electron chi connectivity index (χ4n) is 1.99. The van der Waals surface area contributed by atoms with Gasteiger partial charge in [-0.05, 0) is 37.6 Å². The van der Waals surface area contributed by atoms with E-state index < -0.39 is 0 Å². The molecule has 0 aliphatic carbocycles. The molecule has 0 radical (unpaired) electrons. The first-order valence-electron chi connectivity index (χ1n) is 5.79. The molecule has 0 saturated carbocycles. The van der Waals surface area contributed by atoms with Gasteiger partial charge in [0.2, 0.25) is 0 Å². The van der Waals surface area contributed by atoms with Crippen LogP contribution in [0.25, 0.3) is 0 Å². The number of hydrogen-bond acceptors (Lipinski definition) is 3. The number of benzene rings is 1. The highest BCUT2D eigenvalue weighted by Crippen LogP contribution is 2.22. The quantitative estimate of drug-likeness (QED) is 0.845. The van der Waals surface area contributed by atoms with Crippen molar-refractivity contribution >= 4 is 0 Å². The van der Waals surface area contributed by atoms with Crippen molar-refractivity contribution in [3.05, 3.63) is 29.8 Å². The van der Waals surface area contributed by atoms with Crippen LogP contribution < -0.4 is 10.1 Å². The third-order valence-corrected chi connectivity index (χ3v) is 3.00. The Bertz CT molecular complexity index is 317. The highest BCUT2D eigenvalue weighted by Gasteiger charge is 2.18. The molecule has 0 spiro atoms. The van der Waals surface area contributed by atoms with Gasteiger partial charge in [0.05, 0.1) is 19.3 Å². The fraction of sp³-hybridized carbons (Fsp3) is 0.538. The van der Waals surface area contributed by atoms with Crippen LogP contribution in [-0.2, 0) is 4.74 Å². The molecule has 1 aromatic carbocycles. The van der Waals surface area contributed by atoms with E-state index in [0.717, 1.165) is 25.3 Å². The second-order valence-electron chi connectivity index (χ2n) is 4.17. The Morgan fingerprint density at radius 1 is 1.31 bits per heavy atom. The number of hydrogen-bond donors (Lipinski definition) is 1. The predicted octanol–water partition coefficient (Wildman–Crippen LogP) is 2.13. The molecule has 1 aromatic rings. The third kappa shape index (κ3) is 2.74. The zero-order chi connectivity index (χ0) is 11.4. The van der Waals surface area contributed by atoms with Crippen molar-refractivity contribution in [2.75, 3.05) is 20.2 Å². The summed E-state index contributed by atoms with van der Waals surface area (Å²) in [5, 5.41) is 3.30. The molecule has 0 aromatic heterocycles. The smallest absolute Gasteiger partial charge is 0.118 e. The van der Waals surface area contributed by atoms with Crippen molar-refractivity contribution < 1.29 is 9.47 Å². The molecule has 2 atom stereocenters. The molecule has 1 aliphatic rings. The maximum Gasteiger partial charge on any atom is 0.118 e. The van der Waals surface area contributed by atoms with Crippen molar-refractivity contribution in [3.8, 4) is 5.75 Å². The minimum absolute atomic E-state index is 0.149. The van der Waals surface area contributed by atoms with E-state index in [1.807, 2.05) is 12.1 Å². The van der Waals surface area contributed by atoms with Crippen LogP contribution in [0.2, 0.25) is 0 Å². The molecular formula is C13H19NO2. The first-order chi connectivity index (χ1) is 7.79. The summed E-state index contributed by atoms with van der Waals surface area (Å²) in [6.45, 7) is 4.14. The summed E-state index contributed by atoms with van der Waals surface area (Å²) in [5.41, 5.74) is 1.20. The van der Waals surface area contributed by atoms with E-state index in [4.69, 9.17) is 9.47 Å². The van der Waals surface area contributed by atoms with Crippen LogP contribution in [-0.4, -0.2) is 26.3 Å². The Morgan fingerprint density at radius 2 is 2.06 bits per heavy atom. The Hall–Kier alpha value is -1.06. The molecule has 1 saturated heterocycles. The van der Waals surface area contributed by atoms with Gasteiger partial charge in [-0.2, -0.15) is 0 Å². The highest BCUT2D eigenvalue weighted by molar-refractivity contribution is 5.28. The summed E-state index contributed by atoms with van der Waals surface area (Å²) in [7, 11) is 1.68. The van der Waals surface area contributed by atoms with Crippen LogP contribution >= 0.6 is 0 Å². The van der Waals surface area contributed by atoms with Crippen molar-refractivity contribution in [1.82, 2.24) is 5.32 Å². The minimum atomic E-state index is 0.149. The van der Waals surface area contributed by atoms with E-state index in [0.29, 0.717) is 6.10 Å². The topological polar surface area (TPSA) is 30.5 Å². The Balaban J connectivity index is 1.94. The van der Waals surface area contributed by atoms with Crippen LogP contribution in [0.5, 0.6) is 5.75 Å². The molecule has 3 nitrogen and oxygen atoms in total. The number of rotatable bonds is 4. The molecule has 2 rings (SSSR count). The van der Waals surface area contributed by atoms with Gasteiger partial charge in [-0.25, -0.2) is 0 Å². The second kappa shape index (κ2) is 5.32. The molecule has 16 heavy (non-hydrogen) atoms. The summed E-state index contributed by atoms with van der Waals surface area (Å²) < 4.78 is 11.1. The number of ether oxygens (including phenoxy) is 2.